The van der Waals surface area contributed by atoms with Gasteiger partial charge in [-0.1, -0.05) is 37.8 Å². The Morgan fingerprint density at radius 1 is 1.18 bits per heavy atom. The zero-order chi connectivity index (χ0) is 15.9. The number of rotatable bonds is 6. The first kappa shape index (κ1) is 15.8. The van der Waals surface area contributed by atoms with E-state index >= 15 is 0 Å². The second kappa shape index (κ2) is 7.46. The van der Waals surface area contributed by atoms with Crippen LogP contribution in [0, 0.1) is 0 Å². The van der Waals surface area contributed by atoms with E-state index in [1.54, 1.807) is 12.1 Å². The summed E-state index contributed by atoms with van der Waals surface area (Å²) in [5.74, 6) is 0.529. The highest BCUT2D eigenvalue weighted by atomic mass is 16.5. The van der Waals surface area contributed by atoms with Crippen molar-refractivity contribution in [2.75, 3.05) is 11.9 Å². The third-order valence-electron chi connectivity index (χ3n) is 3.23. The summed E-state index contributed by atoms with van der Waals surface area (Å²) in [6.07, 6.45) is 0.873. The number of nitrogens with one attached hydrogen (secondary N) is 1. The van der Waals surface area contributed by atoms with Crippen molar-refractivity contribution in [2.45, 2.75) is 20.3 Å². The van der Waals surface area contributed by atoms with Gasteiger partial charge in [-0.15, -0.1) is 0 Å². The monoisotopic (exact) mass is 295 g/mol. The first-order chi connectivity index (χ1) is 10.6. The van der Waals surface area contributed by atoms with Crippen molar-refractivity contribution in [1.29, 1.82) is 0 Å². The number of benzene rings is 2. The van der Waals surface area contributed by atoms with Gasteiger partial charge in [0, 0.05) is 11.3 Å². The number of carbonyl (C=O) groups is 1. The van der Waals surface area contributed by atoms with Crippen LogP contribution in [0.1, 0.15) is 29.8 Å². The number of hydrogen-bond acceptors (Lipinski definition) is 2. The summed E-state index contributed by atoms with van der Waals surface area (Å²) in [4.78, 5) is 12.4. The van der Waals surface area contributed by atoms with E-state index in [0.717, 1.165) is 23.2 Å². The number of aryl methyl sites for hydroxylation is 1. The molecule has 2 aromatic carbocycles. The Labute approximate surface area is 131 Å². The van der Waals surface area contributed by atoms with Gasteiger partial charge in [-0.25, -0.2) is 0 Å². The van der Waals surface area contributed by atoms with Gasteiger partial charge in [0.25, 0.3) is 5.91 Å². The molecule has 0 aliphatic carbocycles. The van der Waals surface area contributed by atoms with Gasteiger partial charge in [-0.2, -0.15) is 0 Å². The molecule has 1 amide bonds. The molecule has 0 saturated carbocycles. The molecule has 2 aromatic rings. The molecule has 0 heterocycles. The van der Waals surface area contributed by atoms with Crippen LogP contribution in [-0.2, 0) is 6.42 Å². The molecule has 0 aromatic heterocycles. The molecule has 114 valence electrons. The number of carbonyl (C=O) groups excluding carboxylic acids is 1. The lowest BCUT2D eigenvalue weighted by Crippen LogP contribution is -2.13. The van der Waals surface area contributed by atoms with Crippen molar-refractivity contribution in [1.82, 2.24) is 0 Å². The van der Waals surface area contributed by atoms with Crippen LogP contribution in [0.15, 0.2) is 60.7 Å². The maximum absolute atomic E-state index is 12.4. The minimum absolute atomic E-state index is 0.137. The van der Waals surface area contributed by atoms with Crippen LogP contribution in [0.4, 0.5) is 5.69 Å². The van der Waals surface area contributed by atoms with Crippen molar-refractivity contribution >= 4 is 11.6 Å². The number of hydrogen-bond donors (Lipinski definition) is 1. The summed E-state index contributed by atoms with van der Waals surface area (Å²) < 4.78 is 5.57. The van der Waals surface area contributed by atoms with Crippen LogP contribution in [0.5, 0.6) is 5.75 Å². The summed E-state index contributed by atoms with van der Waals surface area (Å²) in [6.45, 7) is 8.21. The normalized spacial score (nSPS) is 10.1. The number of amides is 1. The summed E-state index contributed by atoms with van der Waals surface area (Å²) in [6, 6.07) is 15.0. The van der Waals surface area contributed by atoms with Gasteiger partial charge in [0.2, 0.25) is 0 Å². The molecule has 3 nitrogen and oxygen atoms in total. The highest BCUT2D eigenvalue weighted by Gasteiger charge is 2.09. The quantitative estimate of drug-likeness (QED) is 0.799. The fourth-order valence-corrected chi connectivity index (χ4v) is 2.08. The van der Waals surface area contributed by atoms with Crippen LogP contribution in [0.3, 0.4) is 0 Å². The van der Waals surface area contributed by atoms with Gasteiger partial charge in [-0.05, 0) is 48.7 Å². The predicted molar refractivity (Wildman–Crippen MR) is 90.5 cm³/mol. The van der Waals surface area contributed by atoms with Crippen LogP contribution in [0.2, 0.25) is 0 Å². The summed E-state index contributed by atoms with van der Waals surface area (Å²) in [7, 11) is 0. The molecular weight excluding hydrogens is 274 g/mol. The van der Waals surface area contributed by atoms with E-state index in [9.17, 15) is 4.79 Å². The third kappa shape index (κ3) is 4.22. The molecule has 0 atom stereocenters. The highest BCUT2D eigenvalue weighted by Crippen LogP contribution is 2.19. The summed E-state index contributed by atoms with van der Waals surface area (Å²) in [5, 5.41) is 2.96. The molecule has 0 aliphatic heterocycles. The maximum Gasteiger partial charge on any atom is 0.255 e. The zero-order valence-electron chi connectivity index (χ0n) is 13.1. The van der Waals surface area contributed by atoms with Gasteiger partial charge in [0.05, 0.1) is 0 Å². The van der Waals surface area contributed by atoms with Crippen molar-refractivity contribution in [3.63, 3.8) is 0 Å². The lowest BCUT2D eigenvalue weighted by Gasteiger charge is -2.11. The first-order valence-corrected chi connectivity index (χ1v) is 7.36. The predicted octanol–water partition coefficient (Wildman–Crippen LogP) is 4.46. The lowest BCUT2D eigenvalue weighted by molar-refractivity contribution is 0.102. The summed E-state index contributed by atoms with van der Waals surface area (Å²) in [5.41, 5.74) is 3.48. The molecule has 0 saturated heterocycles. The Kier molecular flexibility index (Phi) is 5.37. The fraction of sp³-hybridized carbons (Fsp3) is 0.211. The molecule has 3 heteroatoms. The van der Waals surface area contributed by atoms with E-state index in [1.807, 2.05) is 43.3 Å². The standard InChI is InChI=1S/C19H21NO2/c1-4-15-8-5-6-11-18(15)20-19(21)16-9-7-10-17(12-16)22-13-14(2)3/h5-12H,2,4,13H2,1,3H3,(H,20,21). The number of para-hydroxylation sites is 1. The van der Waals surface area contributed by atoms with Gasteiger partial charge < -0.3 is 10.1 Å². The van der Waals surface area contributed by atoms with E-state index in [1.165, 1.54) is 0 Å². The molecular formula is C19H21NO2. The minimum Gasteiger partial charge on any atom is -0.489 e. The Morgan fingerprint density at radius 3 is 2.68 bits per heavy atom. The van der Waals surface area contributed by atoms with Crippen LogP contribution in [-0.4, -0.2) is 12.5 Å². The fourth-order valence-electron chi connectivity index (χ4n) is 2.08. The average molecular weight is 295 g/mol. The smallest absolute Gasteiger partial charge is 0.255 e. The van der Waals surface area contributed by atoms with Gasteiger partial charge in [0.15, 0.2) is 0 Å². The highest BCUT2D eigenvalue weighted by molar-refractivity contribution is 6.04. The second-order valence-corrected chi connectivity index (χ2v) is 5.24. The Morgan fingerprint density at radius 2 is 1.95 bits per heavy atom. The molecule has 0 aliphatic rings. The van der Waals surface area contributed by atoms with Crippen molar-refractivity contribution in [2.24, 2.45) is 0 Å². The molecule has 0 spiro atoms. The number of ether oxygens (including phenoxy) is 1. The summed E-state index contributed by atoms with van der Waals surface area (Å²) >= 11 is 0. The Bertz CT molecular complexity index is 677. The van der Waals surface area contributed by atoms with Gasteiger partial charge in [0.1, 0.15) is 12.4 Å². The van der Waals surface area contributed by atoms with Crippen LogP contribution < -0.4 is 10.1 Å². The molecule has 1 N–H and O–H groups in total. The number of anilines is 1. The Hall–Kier alpha value is -2.55. The largest absolute Gasteiger partial charge is 0.489 e. The van der Waals surface area contributed by atoms with E-state index in [0.29, 0.717) is 17.9 Å². The van der Waals surface area contributed by atoms with Crippen molar-refractivity contribution in [3.05, 3.63) is 71.8 Å². The molecule has 0 fully saturated rings. The van der Waals surface area contributed by atoms with Crippen LogP contribution in [0.25, 0.3) is 0 Å². The molecule has 2 rings (SSSR count). The van der Waals surface area contributed by atoms with E-state index in [-0.39, 0.29) is 5.91 Å². The average Bonchev–Trinajstić information content (AvgIpc) is 2.53. The topological polar surface area (TPSA) is 38.3 Å². The zero-order valence-corrected chi connectivity index (χ0v) is 13.1. The van der Waals surface area contributed by atoms with Crippen molar-refractivity contribution in [3.8, 4) is 5.75 Å². The van der Waals surface area contributed by atoms with E-state index in [2.05, 4.69) is 18.8 Å². The van der Waals surface area contributed by atoms with E-state index in [4.69, 9.17) is 4.74 Å². The third-order valence-corrected chi connectivity index (χ3v) is 3.23. The first-order valence-electron chi connectivity index (χ1n) is 7.36. The Balaban J connectivity index is 2.12. The van der Waals surface area contributed by atoms with Crippen molar-refractivity contribution < 1.29 is 9.53 Å². The minimum atomic E-state index is -0.137. The molecule has 0 radical (unpaired) electrons. The molecule has 0 bridgehead atoms. The van der Waals surface area contributed by atoms with Gasteiger partial charge >= 0.3 is 0 Å². The van der Waals surface area contributed by atoms with Gasteiger partial charge in [-0.3, -0.25) is 4.79 Å². The molecule has 0 unspecified atom stereocenters. The SMILES string of the molecule is C=C(C)COc1cccc(C(=O)Nc2ccccc2CC)c1. The molecule has 22 heavy (non-hydrogen) atoms. The lowest BCUT2D eigenvalue weighted by atomic mass is 10.1. The second-order valence-electron chi connectivity index (χ2n) is 5.24. The maximum atomic E-state index is 12.4. The van der Waals surface area contributed by atoms with Crippen LogP contribution >= 0.6 is 0 Å². The van der Waals surface area contributed by atoms with E-state index < -0.39 is 0 Å².